The maximum Gasteiger partial charge on any atom is 0.252 e. The third-order valence-corrected chi connectivity index (χ3v) is 3.91. The van der Waals surface area contributed by atoms with Crippen LogP contribution in [0.1, 0.15) is 0 Å². The van der Waals surface area contributed by atoms with Gasteiger partial charge >= 0.3 is 0 Å². The van der Waals surface area contributed by atoms with Gasteiger partial charge < -0.3 is 5.32 Å². The molecule has 0 aliphatic rings. The molecule has 4 rings (SSSR count). The van der Waals surface area contributed by atoms with Crippen molar-refractivity contribution in [2.75, 3.05) is 5.32 Å². The van der Waals surface area contributed by atoms with Crippen molar-refractivity contribution in [1.29, 1.82) is 0 Å². The molecule has 0 aliphatic heterocycles. The normalized spacial score (nSPS) is 10.8. The van der Waals surface area contributed by atoms with E-state index in [1.165, 1.54) is 0 Å². The summed E-state index contributed by atoms with van der Waals surface area (Å²) in [6.07, 6.45) is 3.64. The zero-order chi connectivity index (χ0) is 15.6. The molecule has 1 N–H and O–H groups in total. The first-order valence-corrected chi connectivity index (χ1v) is 7.88. The monoisotopic (exact) mass is 365 g/mol. The maximum absolute atomic E-state index is 4.52. The summed E-state index contributed by atoms with van der Waals surface area (Å²) in [5.74, 6) is 1.25. The summed E-state index contributed by atoms with van der Waals surface area (Å²) < 4.78 is 2.73. The fraction of sp³-hybridized carbons (Fsp3) is 0. The summed E-state index contributed by atoms with van der Waals surface area (Å²) in [6, 6.07) is 17.7. The minimum Gasteiger partial charge on any atom is -0.340 e. The number of hydrogen-bond donors (Lipinski definition) is 1. The zero-order valence-corrected chi connectivity index (χ0v) is 13.6. The van der Waals surface area contributed by atoms with Crippen LogP contribution < -0.4 is 5.32 Å². The van der Waals surface area contributed by atoms with Gasteiger partial charge in [0.1, 0.15) is 5.82 Å². The van der Waals surface area contributed by atoms with Gasteiger partial charge in [0.2, 0.25) is 0 Å². The standard InChI is InChI=1S/C17H12BrN5/c18-13-5-7-14(8-6-13)20-16-9-10-19-17(21-16)23-11-12-3-1-2-4-15(12)22-23/h1-11H,(H,19,20,21). The molecule has 23 heavy (non-hydrogen) atoms. The molecule has 0 fully saturated rings. The van der Waals surface area contributed by atoms with Gasteiger partial charge in [-0.1, -0.05) is 34.1 Å². The predicted octanol–water partition coefficient (Wildman–Crippen LogP) is 4.32. The van der Waals surface area contributed by atoms with Crippen LogP contribution in [0.2, 0.25) is 0 Å². The molecule has 0 unspecified atom stereocenters. The molecule has 0 saturated heterocycles. The quantitative estimate of drug-likeness (QED) is 0.587. The first-order valence-electron chi connectivity index (χ1n) is 7.08. The van der Waals surface area contributed by atoms with Crippen LogP contribution in [0.15, 0.2) is 71.5 Å². The molecule has 5 nitrogen and oxygen atoms in total. The van der Waals surface area contributed by atoms with E-state index < -0.39 is 0 Å². The van der Waals surface area contributed by atoms with Crippen molar-refractivity contribution in [1.82, 2.24) is 19.7 Å². The molecule has 2 heterocycles. The van der Waals surface area contributed by atoms with Crippen LogP contribution in [0.3, 0.4) is 0 Å². The Bertz CT molecular complexity index is 929. The molecule has 6 heteroatoms. The Morgan fingerprint density at radius 3 is 2.61 bits per heavy atom. The van der Waals surface area contributed by atoms with Crippen molar-refractivity contribution in [2.24, 2.45) is 0 Å². The summed E-state index contributed by atoms with van der Waals surface area (Å²) in [6.45, 7) is 0. The van der Waals surface area contributed by atoms with Gasteiger partial charge in [0.15, 0.2) is 0 Å². The van der Waals surface area contributed by atoms with Crippen LogP contribution in [-0.2, 0) is 0 Å². The SMILES string of the molecule is Brc1ccc(Nc2ccnc(-n3cc4ccccc4n3)n2)cc1. The largest absolute Gasteiger partial charge is 0.340 e. The van der Waals surface area contributed by atoms with E-state index in [1.807, 2.05) is 60.8 Å². The molecular weight excluding hydrogens is 354 g/mol. The minimum absolute atomic E-state index is 0.531. The highest BCUT2D eigenvalue weighted by atomic mass is 79.9. The number of halogens is 1. The number of nitrogens with one attached hydrogen (secondary N) is 1. The lowest BCUT2D eigenvalue weighted by Crippen LogP contribution is -2.03. The number of rotatable bonds is 3. The van der Waals surface area contributed by atoms with Crippen LogP contribution in [0, 0.1) is 0 Å². The number of aromatic nitrogens is 4. The number of anilines is 2. The van der Waals surface area contributed by atoms with Crippen molar-refractivity contribution < 1.29 is 0 Å². The summed E-state index contributed by atoms with van der Waals surface area (Å²) in [5, 5.41) is 8.82. The van der Waals surface area contributed by atoms with E-state index in [0.29, 0.717) is 5.95 Å². The van der Waals surface area contributed by atoms with Crippen molar-refractivity contribution in [3.8, 4) is 5.95 Å². The molecule has 0 bridgehead atoms. The van der Waals surface area contributed by atoms with Gasteiger partial charge in [0.25, 0.3) is 5.95 Å². The van der Waals surface area contributed by atoms with Crippen LogP contribution >= 0.6 is 15.9 Å². The maximum atomic E-state index is 4.52. The third kappa shape index (κ3) is 2.93. The first-order chi connectivity index (χ1) is 11.3. The summed E-state index contributed by atoms with van der Waals surface area (Å²) in [4.78, 5) is 8.82. The Morgan fingerprint density at radius 1 is 0.957 bits per heavy atom. The highest BCUT2D eigenvalue weighted by Crippen LogP contribution is 2.19. The fourth-order valence-electron chi connectivity index (χ4n) is 2.28. The van der Waals surface area contributed by atoms with Crippen LogP contribution in [0.4, 0.5) is 11.5 Å². The predicted molar refractivity (Wildman–Crippen MR) is 94.1 cm³/mol. The van der Waals surface area contributed by atoms with Crippen LogP contribution in [-0.4, -0.2) is 19.7 Å². The van der Waals surface area contributed by atoms with Crippen LogP contribution in [0.5, 0.6) is 0 Å². The Balaban J connectivity index is 1.66. The van der Waals surface area contributed by atoms with Gasteiger partial charge in [-0.25, -0.2) is 9.67 Å². The lowest BCUT2D eigenvalue weighted by Gasteiger charge is -2.06. The molecule has 2 aromatic heterocycles. The van der Waals surface area contributed by atoms with Crippen molar-refractivity contribution in [3.05, 3.63) is 71.5 Å². The summed E-state index contributed by atoms with van der Waals surface area (Å²) >= 11 is 3.42. The van der Waals surface area contributed by atoms with Gasteiger partial charge in [-0.2, -0.15) is 10.1 Å². The number of benzene rings is 2. The Hall–Kier alpha value is -2.73. The lowest BCUT2D eigenvalue weighted by atomic mass is 10.3. The molecule has 0 atom stereocenters. The van der Waals surface area contributed by atoms with E-state index in [4.69, 9.17) is 0 Å². The lowest BCUT2D eigenvalue weighted by molar-refractivity contribution is 0.821. The summed E-state index contributed by atoms with van der Waals surface area (Å²) in [5.41, 5.74) is 1.88. The second kappa shape index (κ2) is 5.81. The average Bonchev–Trinajstić information content (AvgIpc) is 3.01. The van der Waals surface area contributed by atoms with E-state index in [9.17, 15) is 0 Å². The third-order valence-electron chi connectivity index (χ3n) is 3.38. The highest BCUT2D eigenvalue weighted by Gasteiger charge is 2.06. The van der Waals surface area contributed by atoms with Crippen molar-refractivity contribution >= 4 is 38.3 Å². The molecule has 0 aliphatic carbocycles. The fourth-order valence-corrected chi connectivity index (χ4v) is 2.54. The molecule has 0 radical (unpaired) electrons. The highest BCUT2D eigenvalue weighted by molar-refractivity contribution is 9.10. The average molecular weight is 366 g/mol. The molecule has 112 valence electrons. The second-order valence-corrected chi connectivity index (χ2v) is 5.92. The second-order valence-electron chi connectivity index (χ2n) is 5.01. The van der Waals surface area contributed by atoms with Crippen molar-refractivity contribution in [2.45, 2.75) is 0 Å². The number of hydrogen-bond acceptors (Lipinski definition) is 4. The number of fused-ring (bicyclic) bond motifs is 1. The van der Waals surface area contributed by atoms with Crippen LogP contribution in [0.25, 0.3) is 16.9 Å². The Kier molecular flexibility index (Phi) is 3.51. The molecule has 0 amide bonds. The van der Waals surface area contributed by atoms with Gasteiger partial charge in [0.05, 0.1) is 5.52 Å². The first kappa shape index (κ1) is 13.9. The Labute approximate surface area is 141 Å². The zero-order valence-electron chi connectivity index (χ0n) is 12.0. The number of nitrogens with zero attached hydrogens (tertiary/aromatic N) is 4. The van der Waals surface area contributed by atoms with Gasteiger partial charge in [-0.15, -0.1) is 0 Å². The van der Waals surface area contributed by atoms with Gasteiger partial charge in [-0.3, -0.25) is 0 Å². The van der Waals surface area contributed by atoms with Gasteiger partial charge in [0, 0.05) is 27.9 Å². The molecule has 2 aromatic carbocycles. The van der Waals surface area contributed by atoms with E-state index in [-0.39, 0.29) is 0 Å². The topological polar surface area (TPSA) is 55.6 Å². The van der Waals surface area contributed by atoms with E-state index >= 15 is 0 Å². The van der Waals surface area contributed by atoms with Gasteiger partial charge in [-0.05, 0) is 36.4 Å². The van der Waals surface area contributed by atoms with E-state index in [2.05, 4.69) is 36.3 Å². The molecular formula is C17H12BrN5. The smallest absolute Gasteiger partial charge is 0.252 e. The Morgan fingerprint density at radius 2 is 1.78 bits per heavy atom. The van der Waals surface area contributed by atoms with E-state index in [1.54, 1.807) is 10.9 Å². The molecule has 0 spiro atoms. The molecule has 0 saturated carbocycles. The summed E-state index contributed by atoms with van der Waals surface area (Å²) in [7, 11) is 0. The minimum atomic E-state index is 0.531. The van der Waals surface area contributed by atoms with Crippen molar-refractivity contribution in [3.63, 3.8) is 0 Å². The molecule has 4 aromatic rings. The van der Waals surface area contributed by atoms with E-state index in [0.717, 1.165) is 26.9 Å².